The molecule has 0 spiro atoms. The van der Waals surface area contributed by atoms with E-state index in [1.54, 1.807) is 12.1 Å². The lowest BCUT2D eigenvalue weighted by atomic mass is 9.77. The fraction of sp³-hybridized carbons (Fsp3) is 0.400. The summed E-state index contributed by atoms with van der Waals surface area (Å²) in [7, 11) is 1.36. The third kappa shape index (κ3) is 3.63. The summed E-state index contributed by atoms with van der Waals surface area (Å²) in [6.45, 7) is 8.59. The number of hydrogen-bond acceptors (Lipinski definition) is 6. The maximum atomic E-state index is 12.4. The Morgan fingerprint density at radius 2 is 1.85 bits per heavy atom. The van der Waals surface area contributed by atoms with E-state index in [2.05, 4.69) is 5.32 Å². The van der Waals surface area contributed by atoms with E-state index in [0.29, 0.717) is 23.8 Å². The van der Waals surface area contributed by atoms with E-state index in [9.17, 15) is 9.59 Å². The number of aldehydes is 1. The molecule has 0 bridgehead atoms. The molecule has 1 fully saturated rings. The van der Waals surface area contributed by atoms with Gasteiger partial charge in [0.25, 0.3) is 0 Å². The molecule has 0 atom stereocenters. The third-order valence-electron chi connectivity index (χ3n) is 5.24. The monoisotopic (exact) mass is 369 g/mol. The first kappa shape index (κ1) is 19.5. The molecule has 1 aromatic carbocycles. The van der Waals surface area contributed by atoms with Crippen LogP contribution in [0.15, 0.2) is 39.1 Å². The van der Waals surface area contributed by atoms with Crippen LogP contribution in [-0.2, 0) is 9.31 Å². The van der Waals surface area contributed by atoms with Gasteiger partial charge in [-0.3, -0.25) is 9.59 Å². The van der Waals surface area contributed by atoms with Crippen molar-refractivity contribution in [2.24, 2.45) is 0 Å². The SMILES string of the molecule is CNCC(=Cc1ccc2occ(C=O)c(=O)c2c1)B1OC(C)(C)C(C)(C)O1. The number of carbonyl (C=O) groups is 1. The Labute approximate surface area is 158 Å². The lowest BCUT2D eigenvalue weighted by Gasteiger charge is -2.32. The predicted octanol–water partition coefficient (Wildman–Crippen LogP) is 2.84. The van der Waals surface area contributed by atoms with Crippen molar-refractivity contribution < 1.29 is 18.5 Å². The average Bonchev–Trinajstić information content (AvgIpc) is 2.83. The number of hydrogen-bond donors (Lipinski definition) is 1. The molecular formula is C20H24BNO5. The van der Waals surface area contributed by atoms with E-state index >= 15 is 0 Å². The molecule has 27 heavy (non-hydrogen) atoms. The number of benzene rings is 1. The quantitative estimate of drug-likeness (QED) is 0.645. The van der Waals surface area contributed by atoms with Crippen LogP contribution in [0.3, 0.4) is 0 Å². The topological polar surface area (TPSA) is 77.8 Å². The molecule has 0 aliphatic carbocycles. The van der Waals surface area contributed by atoms with Crippen molar-refractivity contribution in [3.8, 4) is 0 Å². The van der Waals surface area contributed by atoms with Gasteiger partial charge in [0.1, 0.15) is 11.8 Å². The van der Waals surface area contributed by atoms with E-state index in [1.807, 2.05) is 46.9 Å². The van der Waals surface area contributed by atoms with Gasteiger partial charge >= 0.3 is 7.12 Å². The molecule has 6 nitrogen and oxygen atoms in total. The van der Waals surface area contributed by atoms with Gasteiger partial charge in [-0.25, -0.2) is 0 Å². The molecule has 1 aromatic heterocycles. The predicted molar refractivity (Wildman–Crippen MR) is 106 cm³/mol. The summed E-state index contributed by atoms with van der Waals surface area (Å²) in [5, 5.41) is 3.50. The molecule has 7 heteroatoms. The van der Waals surface area contributed by atoms with Crippen molar-refractivity contribution in [2.75, 3.05) is 13.6 Å². The standard InChI is InChI=1S/C20H24BNO5/c1-19(2)20(3,4)27-21(26-19)15(10-22-5)8-13-6-7-17-16(9-13)18(24)14(11-23)12-25-17/h6-9,11-12,22H,10H2,1-5H3. The summed E-state index contributed by atoms with van der Waals surface area (Å²) in [4.78, 5) is 23.4. The molecule has 2 heterocycles. The molecule has 1 aliphatic heterocycles. The first-order valence-corrected chi connectivity index (χ1v) is 8.90. The molecule has 2 aromatic rings. The Morgan fingerprint density at radius 3 is 2.44 bits per heavy atom. The zero-order valence-electron chi connectivity index (χ0n) is 16.3. The normalized spacial score (nSPS) is 18.9. The van der Waals surface area contributed by atoms with E-state index in [0.717, 1.165) is 11.0 Å². The van der Waals surface area contributed by atoms with Crippen LogP contribution in [0.1, 0.15) is 43.6 Å². The molecule has 1 aliphatic rings. The Morgan fingerprint density at radius 1 is 1.19 bits per heavy atom. The lowest BCUT2D eigenvalue weighted by Crippen LogP contribution is -2.41. The molecule has 0 saturated carbocycles. The Balaban J connectivity index is 2.03. The summed E-state index contributed by atoms with van der Waals surface area (Å²) in [5.41, 5.74) is 0.942. The minimum Gasteiger partial charge on any atom is -0.463 e. The van der Waals surface area contributed by atoms with Gasteiger partial charge in [-0.2, -0.15) is 0 Å². The minimum absolute atomic E-state index is 0.00466. The maximum absolute atomic E-state index is 12.4. The fourth-order valence-electron chi connectivity index (χ4n) is 2.95. The van der Waals surface area contributed by atoms with E-state index in [1.165, 1.54) is 6.26 Å². The van der Waals surface area contributed by atoms with Crippen LogP contribution in [0.4, 0.5) is 0 Å². The highest BCUT2D eigenvalue weighted by Gasteiger charge is 2.52. The van der Waals surface area contributed by atoms with Crippen molar-refractivity contribution in [2.45, 2.75) is 38.9 Å². The Kier molecular flexibility index (Phi) is 5.12. The van der Waals surface area contributed by atoms with Crippen LogP contribution in [0.2, 0.25) is 0 Å². The van der Waals surface area contributed by atoms with E-state index in [-0.39, 0.29) is 11.0 Å². The molecule has 1 N–H and O–H groups in total. The van der Waals surface area contributed by atoms with Gasteiger partial charge < -0.3 is 19.0 Å². The van der Waals surface area contributed by atoms with Crippen LogP contribution in [0.25, 0.3) is 17.0 Å². The zero-order valence-corrected chi connectivity index (χ0v) is 16.3. The second kappa shape index (κ2) is 7.07. The fourth-order valence-corrected chi connectivity index (χ4v) is 2.95. The largest absolute Gasteiger partial charge is 0.491 e. The van der Waals surface area contributed by atoms with Crippen LogP contribution >= 0.6 is 0 Å². The van der Waals surface area contributed by atoms with Crippen molar-refractivity contribution >= 4 is 30.4 Å². The summed E-state index contributed by atoms with van der Waals surface area (Å²) in [5.74, 6) is 0. The molecule has 0 amide bonds. The lowest BCUT2D eigenvalue weighted by molar-refractivity contribution is 0.00578. The minimum atomic E-state index is -0.490. The molecule has 0 radical (unpaired) electrons. The smallest absolute Gasteiger partial charge is 0.463 e. The molecular weight excluding hydrogens is 345 g/mol. The van der Waals surface area contributed by atoms with Gasteiger partial charge in [-0.15, -0.1) is 0 Å². The second-order valence-corrected chi connectivity index (χ2v) is 7.73. The summed E-state index contributed by atoms with van der Waals surface area (Å²) in [6, 6.07) is 5.29. The highest BCUT2D eigenvalue weighted by molar-refractivity contribution is 6.55. The number of carbonyl (C=O) groups excluding carboxylic acids is 1. The van der Waals surface area contributed by atoms with Crippen LogP contribution in [0, 0.1) is 0 Å². The van der Waals surface area contributed by atoms with E-state index < -0.39 is 18.3 Å². The van der Waals surface area contributed by atoms with Crippen molar-refractivity contribution in [3.63, 3.8) is 0 Å². The average molecular weight is 369 g/mol. The molecule has 3 rings (SSSR count). The molecule has 1 saturated heterocycles. The number of fused-ring (bicyclic) bond motifs is 1. The van der Waals surface area contributed by atoms with Gasteiger partial charge in [0.2, 0.25) is 5.43 Å². The summed E-state index contributed by atoms with van der Waals surface area (Å²) >= 11 is 0. The Bertz CT molecular complexity index is 944. The van der Waals surface area contributed by atoms with Crippen molar-refractivity contribution in [3.05, 3.63) is 51.3 Å². The highest BCUT2D eigenvalue weighted by Crippen LogP contribution is 2.38. The summed E-state index contributed by atoms with van der Waals surface area (Å²) < 4.78 is 17.6. The first-order valence-electron chi connectivity index (χ1n) is 8.90. The van der Waals surface area contributed by atoms with Gasteiger partial charge in [-0.1, -0.05) is 12.1 Å². The van der Waals surface area contributed by atoms with E-state index in [4.69, 9.17) is 13.7 Å². The second-order valence-electron chi connectivity index (χ2n) is 7.73. The zero-order chi connectivity index (χ0) is 19.8. The number of nitrogens with one attached hydrogen (secondary N) is 1. The van der Waals surface area contributed by atoms with Crippen molar-refractivity contribution in [1.29, 1.82) is 0 Å². The first-order chi connectivity index (χ1) is 12.7. The highest BCUT2D eigenvalue weighted by atomic mass is 16.7. The van der Waals surface area contributed by atoms with Gasteiger partial charge in [0.15, 0.2) is 6.29 Å². The van der Waals surface area contributed by atoms with Crippen LogP contribution in [-0.4, -0.2) is 38.2 Å². The Hall–Kier alpha value is -2.22. The summed E-state index contributed by atoms with van der Waals surface area (Å²) in [6.07, 6.45) is 3.62. The van der Waals surface area contributed by atoms with Crippen LogP contribution in [0.5, 0.6) is 0 Å². The van der Waals surface area contributed by atoms with Gasteiger partial charge in [0.05, 0.1) is 22.2 Å². The number of rotatable bonds is 5. The van der Waals surface area contributed by atoms with Crippen LogP contribution < -0.4 is 10.7 Å². The maximum Gasteiger partial charge on any atom is 0.491 e. The van der Waals surface area contributed by atoms with Gasteiger partial charge in [-0.05, 0) is 57.9 Å². The van der Waals surface area contributed by atoms with Crippen molar-refractivity contribution in [1.82, 2.24) is 5.32 Å². The third-order valence-corrected chi connectivity index (χ3v) is 5.24. The molecule has 0 unspecified atom stereocenters. The molecule has 142 valence electrons. The van der Waals surface area contributed by atoms with Gasteiger partial charge in [0, 0.05) is 6.54 Å². The number of likely N-dealkylation sites (N-methyl/N-ethyl adjacent to an activating group) is 1.